The van der Waals surface area contributed by atoms with Gasteiger partial charge in [-0.25, -0.2) is 8.78 Å². The molecule has 2 aliphatic rings. The van der Waals surface area contributed by atoms with E-state index < -0.39 is 28.9 Å². The minimum atomic E-state index is -0.914. The lowest BCUT2D eigenvalue weighted by atomic mass is 9.73. The van der Waals surface area contributed by atoms with Gasteiger partial charge in [-0.15, -0.1) is 12.4 Å². The SMILES string of the molecule is C[C@@]1(NC(=O)CCc2ccc(F)c(F)c2)CCOC2(CCNCC2)[C@H]1O.Cl. The Labute approximate surface area is 164 Å². The van der Waals surface area contributed by atoms with Crippen LogP contribution in [0.3, 0.4) is 0 Å². The lowest BCUT2D eigenvalue weighted by Crippen LogP contribution is -2.69. The number of benzene rings is 1. The first-order chi connectivity index (χ1) is 12.3. The predicted octanol–water partition coefficient (Wildman–Crippen LogP) is 2.10. The van der Waals surface area contributed by atoms with Crippen LogP contribution in [-0.2, 0) is 16.0 Å². The highest BCUT2D eigenvalue weighted by molar-refractivity contribution is 5.85. The highest BCUT2D eigenvalue weighted by atomic mass is 35.5. The fraction of sp³-hybridized carbons (Fsp3) is 0.632. The zero-order valence-electron chi connectivity index (χ0n) is 15.4. The molecule has 3 N–H and O–H groups in total. The van der Waals surface area contributed by atoms with E-state index in [-0.39, 0.29) is 24.7 Å². The number of amides is 1. The maximum Gasteiger partial charge on any atom is 0.220 e. The number of aliphatic hydroxyl groups is 1. The van der Waals surface area contributed by atoms with Crippen LogP contribution in [0.2, 0.25) is 0 Å². The highest BCUT2D eigenvalue weighted by Gasteiger charge is 2.52. The summed E-state index contributed by atoms with van der Waals surface area (Å²) >= 11 is 0. The van der Waals surface area contributed by atoms with E-state index in [1.54, 1.807) is 0 Å². The molecule has 2 atom stereocenters. The summed E-state index contributed by atoms with van der Waals surface area (Å²) in [6.45, 7) is 3.88. The van der Waals surface area contributed by atoms with Gasteiger partial charge in [0, 0.05) is 13.0 Å². The summed E-state index contributed by atoms with van der Waals surface area (Å²) < 4.78 is 32.2. The van der Waals surface area contributed by atoms with Crippen molar-refractivity contribution in [1.82, 2.24) is 10.6 Å². The van der Waals surface area contributed by atoms with Gasteiger partial charge in [-0.1, -0.05) is 6.07 Å². The molecule has 27 heavy (non-hydrogen) atoms. The van der Waals surface area contributed by atoms with Crippen molar-refractivity contribution < 1.29 is 23.4 Å². The topological polar surface area (TPSA) is 70.6 Å². The van der Waals surface area contributed by atoms with Crippen LogP contribution in [0.15, 0.2) is 18.2 Å². The summed E-state index contributed by atoms with van der Waals surface area (Å²) in [6, 6.07) is 3.64. The Morgan fingerprint density at radius 3 is 2.67 bits per heavy atom. The normalized spacial score (nSPS) is 27.0. The van der Waals surface area contributed by atoms with Gasteiger partial charge in [0.15, 0.2) is 11.6 Å². The van der Waals surface area contributed by atoms with Crippen molar-refractivity contribution in [1.29, 1.82) is 0 Å². The van der Waals surface area contributed by atoms with Gasteiger partial charge in [-0.2, -0.15) is 0 Å². The molecule has 1 spiro atoms. The number of hydrogen-bond acceptors (Lipinski definition) is 4. The molecule has 0 aliphatic carbocycles. The van der Waals surface area contributed by atoms with Gasteiger partial charge in [0.1, 0.15) is 6.10 Å². The van der Waals surface area contributed by atoms with Crippen LogP contribution in [0.25, 0.3) is 0 Å². The second kappa shape index (κ2) is 8.82. The molecule has 5 nitrogen and oxygen atoms in total. The molecule has 0 radical (unpaired) electrons. The van der Waals surface area contributed by atoms with Crippen LogP contribution < -0.4 is 10.6 Å². The van der Waals surface area contributed by atoms with Gasteiger partial charge >= 0.3 is 0 Å². The fourth-order valence-electron chi connectivity index (χ4n) is 4.00. The molecule has 2 heterocycles. The van der Waals surface area contributed by atoms with E-state index in [0.29, 0.717) is 37.9 Å². The Kier molecular flexibility index (Phi) is 7.19. The Morgan fingerprint density at radius 2 is 2.00 bits per heavy atom. The lowest BCUT2D eigenvalue weighted by Gasteiger charge is -2.52. The smallest absolute Gasteiger partial charge is 0.220 e. The summed E-state index contributed by atoms with van der Waals surface area (Å²) in [5, 5.41) is 17.2. The first kappa shape index (κ1) is 22.0. The van der Waals surface area contributed by atoms with Crippen LogP contribution in [0.1, 0.15) is 38.2 Å². The summed E-state index contributed by atoms with van der Waals surface area (Å²) in [6.07, 6.45) is 1.59. The molecule has 8 heteroatoms. The van der Waals surface area contributed by atoms with Gasteiger partial charge in [0.2, 0.25) is 5.91 Å². The molecule has 152 valence electrons. The third-order valence-electron chi connectivity index (χ3n) is 5.61. The average Bonchev–Trinajstić information content (AvgIpc) is 2.62. The number of hydrogen-bond donors (Lipinski definition) is 3. The van der Waals surface area contributed by atoms with E-state index in [4.69, 9.17) is 4.74 Å². The second-order valence-corrected chi connectivity index (χ2v) is 7.53. The van der Waals surface area contributed by atoms with Crippen LogP contribution in [0.4, 0.5) is 8.78 Å². The number of carbonyl (C=O) groups excluding carboxylic acids is 1. The number of aryl methyl sites for hydroxylation is 1. The molecule has 1 amide bonds. The zero-order chi connectivity index (χ0) is 18.8. The number of aliphatic hydroxyl groups excluding tert-OH is 1. The van der Waals surface area contributed by atoms with E-state index >= 15 is 0 Å². The summed E-state index contributed by atoms with van der Waals surface area (Å²) in [5.74, 6) is -2.03. The molecule has 0 unspecified atom stereocenters. The minimum absolute atomic E-state index is 0. The van der Waals surface area contributed by atoms with E-state index in [2.05, 4.69) is 10.6 Å². The third kappa shape index (κ3) is 4.77. The number of nitrogens with one attached hydrogen (secondary N) is 2. The van der Waals surface area contributed by atoms with Gasteiger partial charge in [-0.05, 0) is 63.4 Å². The van der Waals surface area contributed by atoms with E-state index in [9.17, 15) is 18.7 Å². The van der Waals surface area contributed by atoms with E-state index in [1.807, 2.05) is 6.92 Å². The molecule has 1 aromatic carbocycles. The largest absolute Gasteiger partial charge is 0.388 e. The first-order valence-electron chi connectivity index (χ1n) is 9.12. The molecule has 3 rings (SSSR count). The minimum Gasteiger partial charge on any atom is -0.388 e. The molecular formula is C19H27ClF2N2O3. The van der Waals surface area contributed by atoms with Crippen LogP contribution in [-0.4, -0.2) is 48.0 Å². The van der Waals surface area contributed by atoms with Gasteiger partial charge in [0.25, 0.3) is 0 Å². The summed E-state index contributed by atoms with van der Waals surface area (Å²) in [5.41, 5.74) is -0.821. The lowest BCUT2D eigenvalue weighted by molar-refractivity contribution is -0.200. The molecule has 2 fully saturated rings. The summed E-state index contributed by atoms with van der Waals surface area (Å²) in [7, 11) is 0. The van der Waals surface area contributed by atoms with Crippen molar-refractivity contribution in [2.75, 3.05) is 19.7 Å². The molecule has 0 saturated carbocycles. The van der Waals surface area contributed by atoms with E-state index in [1.165, 1.54) is 6.07 Å². The number of halogens is 3. The van der Waals surface area contributed by atoms with Gasteiger partial charge in [0.05, 0.1) is 11.1 Å². The number of piperidine rings is 1. The Balaban J connectivity index is 0.00000261. The average molecular weight is 405 g/mol. The van der Waals surface area contributed by atoms with Gasteiger partial charge < -0.3 is 20.5 Å². The third-order valence-corrected chi connectivity index (χ3v) is 5.61. The monoisotopic (exact) mass is 404 g/mol. The standard InChI is InChI=1S/C19H26F2N2O3.ClH/c1-18(8-11-26-19(17(18)25)6-9-22-10-7-19)23-16(24)5-3-13-2-4-14(20)15(21)12-13;/h2,4,12,17,22,25H,3,5-11H2,1H3,(H,23,24);1H/t17-,18+;/m0./s1. The first-order valence-corrected chi connectivity index (χ1v) is 9.12. The van der Waals surface area contributed by atoms with Crippen LogP contribution in [0.5, 0.6) is 0 Å². The molecule has 0 bridgehead atoms. The maximum atomic E-state index is 13.3. The van der Waals surface area contributed by atoms with Crippen molar-refractivity contribution in [3.63, 3.8) is 0 Å². The molecule has 2 aliphatic heterocycles. The Bertz CT molecular complexity index is 665. The van der Waals surface area contributed by atoms with Crippen LogP contribution >= 0.6 is 12.4 Å². The number of carbonyl (C=O) groups is 1. The fourth-order valence-corrected chi connectivity index (χ4v) is 4.00. The van der Waals surface area contributed by atoms with Crippen molar-refractivity contribution >= 4 is 18.3 Å². The van der Waals surface area contributed by atoms with Crippen molar-refractivity contribution in [3.05, 3.63) is 35.4 Å². The zero-order valence-corrected chi connectivity index (χ0v) is 16.2. The summed E-state index contributed by atoms with van der Waals surface area (Å²) in [4.78, 5) is 12.4. The molecule has 0 aromatic heterocycles. The van der Waals surface area contributed by atoms with Crippen molar-refractivity contribution in [3.8, 4) is 0 Å². The van der Waals surface area contributed by atoms with Crippen LogP contribution in [0, 0.1) is 11.6 Å². The number of rotatable bonds is 4. The maximum absolute atomic E-state index is 13.3. The second-order valence-electron chi connectivity index (χ2n) is 7.53. The van der Waals surface area contributed by atoms with Crippen molar-refractivity contribution in [2.45, 2.75) is 56.3 Å². The molecule has 1 aromatic rings. The Hall–Kier alpha value is -1.28. The predicted molar refractivity (Wildman–Crippen MR) is 99.9 cm³/mol. The van der Waals surface area contributed by atoms with Crippen molar-refractivity contribution in [2.24, 2.45) is 0 Å². The number of ether oxygens (including phenoxy) is 1. The van der Waals surface area contributed by atoms with E-state index in [0.717, 1.165) is 25.2 Å². The quantitative estimate of drug-likeness (QED) is 0.718. The molecular weight excluding hydrogens is 378 g/mol. The highest BCUT2D eigenvalue weighted by Crippen LogP contribution is 2.38. The molecule has 2 saturated heterocycles. The Morgan fingerprint density at radius 1 is 1.30 bits per heavy atom. The van der Waals surface area contributed by atoms with Gasteiger partial charge in [-0.3, -0.25) is 4.79 Å².